The number of hydrogen-bond donors (Lipinski definition) is 0. The van der Waals surface area contributed by atoms with Gasteiger partial charge in [0.1, 0.15) is 17.7 Å². The number of likely N-dealkylation sites (tertiary alicyclic amines) is 1. The van der Waals surface area contributed by atoms with Crippen molar-refractivity contribution in [2.75, 3.05) is 31.6 Å². The van der Waals surface area contributed by atoms with E-state index in [0.717, 1.165) is 117 Å². The zero-order valence-corrected chi connectivity index (χ0v) is 33.0. The molecule has 9 heteroatoms. The van der Waals surface area contributed by atoms with Crippen LogP contribution in [0.1, 0.15) is 121 Å². The lowest BCUT2D eigenvalue weighted by atomic mass is 9.51. The van der Waals surface area contributed by atoms with Gasteiger partial charge >= 0.3 is 6.09 Å². The van der Waals surface area contributed by atoms with Crippen molar-refractivity contribution in [3.63, 3.8) is 0 Å². The molecule has 280 valence electrons. The van der Waals surface area contributed by atoms with Crippen LogP contribution in [0.4, 0.5) is 10.6 Å². The summed E-state index contributed by atoms with van der Waals surface area (Å²) in [6.45, 7) is 13.2. The molecular formula is C43H58N4O4S. The average molecular weight is 727 g/mol. The van der Waals surface area contributed by atoms with Gasteiger partial charge in [0, 0.05) is 43.4 Å². The molecule has 5 aliphatic rings. The zero-order valence-electron chi connectivity index (χ0n) is 32.2. The SMILES string of the molecule is COc1ccc(C23CCC(CN(C(=O)C4CCC(OC(=O)N5CCC(C)CC5)CC4)c4cc(-c5cnc(C(C)(C)C)s5)ccn4)(CC2)CC3)cc1C. The Labute approximate surface area is 314 Å². The fourth-order valence-corrected chi connectivity index (χ4v) is 10.2. The standard InChI is InChI=1S/C43H58N4O4S/c1-29-14-23-46(24-15-29)40(49)51-34-10-7-31(8-11-34)38(48)47(37-26-32(13-22-44-37)36-27-45-39(52-36)41(3,4)5)28-42-16-19-43(20-17-42,21-18-42)33-9-12-35(50-6)30(2)25-33/h9,12-13,22,25-27,29,31,34H,7-8,10-11,14-21,23-24,28H2,1-6H3. The average Bonchev–Trinajstić information content (AvgIpc) is 3.67. The highest BCUT2D eigenvalue weighted by molar-refractivity contribution is 7.15. The summed E-state index contributed by atoms with van der Waals surface area (Å²) >= 11 is 1.72. The highest BCUT2D eigenvalue weighted by Crippen LogP contribution is 2.58. The topological polar surface area (TPSA) is 84.9 Å². The summed E-state index contributed by atoms with van der Waals surface area (Å²) in [5, 5.41) is 1.10. The lowest BCUT2D eigenvalue weighted by Crippen LogP contribution is -2.52. The number of methoxy groups -OCH3 is 1. The second kappa shape index (κ2) is 14.8. The van der Waals surface area contributed by atoms with Gasteiger partial charge in [-0.25, -0.2) is 14.8 Å². The third-order valence-corrected chi connectivity index (χ3v) is 14.4. The Bertz CT molecular complexity index is 1720. The van der Waals surface area contributed by atoms with Crippen molar-refractivity contribution in [2.24, 2.45) is 17.3 Å². The number of fused-ring (bicyclic) bond motifs is 3. The second-order valence-electron chi connectivity index (χ2n) is 17.6. The number of benzene rings is 1. The largest absolute Gasteiger partial charge is 0.496 e. The molecule has 8 rings (SSSR count). The normalized spacial score (nSPS) is 26.6. The van der Waals surface area contributed by atoms with Crippen molar-refractivity contribution in [3.8, 4) is 16.2 Å². The van der Waals surface area contributed by atoms with E-state index in [0.29, 0.717) is 12.5 Å². The van der Waals surface area contributed by atoms with Gasteiger partial charge < -0.3 is 14.4 Å². The van der Waals surface area contributed by atoms with Crippen molar-refractivity contribution in [3.05, 3.63) is 58.9 Å². The maximum absolute atomic E-state index is 14.8. The van der Waals surface area contributed by atoms with Crippen molar-refractivity contribution in [2.45, 2.75) is 129 Å². The van der Waals surface area contributed by atoms with Crippen LogP contribution in [-0.4, -0.2) is 59.7 Å². The van der Waals surface area contributed by atoms with Gasteiger partial charge in [-0.2, -0.15) is 0 Å². The summed E-state index contributed by atoms with van der Waals surface area (Å²) in [5.41, 5.74) is 3.93. The van der Waals surface area contributed by atoms with E-state index in [2.05, 4.69) is 63.8 Å². The first-order chi connectivity index (χ1) is 24.9. The maximum Gasteiger partial charge on any atom is 0.410 e. The number of nitrogens with zero attached hydrogens (tertiary/aromatic N) is 4. The lowest BCUT2D eigenvalue weighted by molar-refractivity contribution is -0.124. The smallest absolute Gasteiger partial charge is 0.410 e. The first kappa shape index (κ1) is 36.9. The van der Waals surface area contributed by atoms with E-state index in [9.17, 15) is 9.59 Å². The van der Waals surface area contributed by atoms with Crippen molar-refractivity contribution in [1.29, 1.82) is 0 Å². The number of carbonyl (C=O) groups is 2. The molecule has 8 nitrogen and oxygen atoms in total. The summed E-state index contributed by atoms with van der Waals surface area (Å²) in [6, 6.07) is 10.9. The van der Waals surface area contributed by atoms with Gasteiger partial charge in [0.15, 0.2) is 0 Å². The number of ether oxygens (including phenoxy) is 2. The van der Waals surface area contributed by atoms with Crippen molar-refractivity contribution < 1.29 is 19.1 Å². The Kier molecular flexibility index (Phi) is 10.5. The predicted molar refractivity (Wildman–Crippen MR) is 208 cm³/mol. The molecule has 0 unspecified atom stereocenters. The van der Waals surface area contributed by atoms with Gasteiger partial charge in [-0.15, -0.1) is 11.3 Å². The number of pyridine rings is 1. The van der Waals surface area contributed by atoms with Crippen LogP contribution < -0.4 is 9.64 Å². The Balaban J connectivity index is 1.09. The number of aromatic nitrogens is 2. The molecule has 1 aliphatic heterocycles. The molecule has 52 heavy (non-hydrogen) atoms. The van der Waals surface area contributed by atoms with E-state index < -0.39 is 0 Å². The highest BCUT2D eigenvalue weighted by Gasteiger charge is 2.51. The van der Waals surface area contributed by atoms with Crippen molar-refractivity contribution >= 4 is 29.2 Å². The van der Waals surface area contributed by atoms with Crippen LogP contribution in [0.15, 0.2) is 42.7 Å². The van der Waals surface area contributed by atoms with Crippen LogP contribution in [0.5, 0.6) is 5.75 Å². The molecule has 1 aromatic carbocycles. The number of anilines is 1. The molecule has 2 bridgehead atoms. The van der Waals surface area contributed by atoms with E-state index in [1.807, 2.05) is 23.4 Å². The van der Waals surface area contributed by atoms with Crippen LogP contribution >= 0.6 is 11.3 Å². The van der Waals surface area contributed by atoms with Crippen LogP contribution in [0.3, 0.4) is 0 Å². The second-order valence-corrected chi connectivity index (χ2v) is 18.6. The lowest BCUT2D eigenvalue weighted by Gasteiger charge is -2.55. The quantitative estimate of drug-likeness (QED) is 0.230. The molecule has 2 amide bonds. The van der Waals surface area contributed by atoms with E-state index >= 15 is 0 Å². The first-order valence-electron chi connectivity index (χ1n) is 19.7. The summed E-state index contributed by atoms with van der Waals surface area (Å²) in [6.07, 6.45) is 15.2. The van der Waals surface area contributed by atoms with E-state index in [4.69, 9.17) is 19.4 Å². The molecule has 0 radical (unpaired) electrons. The number of hydrogen-bond acceptors (Lipinski definition) is 7. The number of thiazole rings is 1. The molecule has 3 heterocycles. The fourth-order valence-electron chi connectivity index (χ4n) is 9.28. The van der Waals surface area contributed by atoms with Crippen molar-refractivity contribution in [1.82, 2.24) is 14.9 Å². The summed E-state index contributed by atoms with van der Waals surface area (Å²) in [5.74, 6) is 2.40. The van der Waals surface area contributed by atoms with Gasteiger partial charge in [-0.05, 0) is 136 Å². The third-order valence-electron chi connectivity index (χ3n) is 13.0. The fraction of sp³-hybridized carbons (Fsp3) is 0.628. The van der Waals surface area contributed by atoms with E-state index in [1.54, 1.807) is 18.4 Å². The number of amides is 2. The monoisotopic (exact) mass is 726 g/mol. The summed E-state index contributed by atoms with van der Waals surface area (Å²) < 4.78 is 11.6. The Hall–Kier alpha value is -3.46. The zero-order chi connectivity index (χ0) is 36.7. The number of aryl methyl sites for hydroxylation is 1. The molecule has 0 atom stereocenters. The third kappa shape index (κ3) is 7.62. The summed E-state index contributed by atoms with van der Waals surface area (Å²) in [4.78, 5) is 42.4. The Morgan fingerprint density at radius 2 is 1.63 bits per heavy atom. The van der Waals surface area contributed by atoms with E-state index in [-0.39, 0.29) is 40.3 Å². The molecule has 5 fully saturated rings. The molecule has 2 aromatic heterocycles. The van der Waals surface area contributed by atoms with Crippen LogP contribution in [0.25, 0.3) is 10.4 Å². The predicted octanol–water partition coefficient (Wildman–Crippen LogP) is 9.87. The van der Waals surface area contributed by atoms with Crippen LogP contribution in [0.2, 0.25) is 0 Å². The minimum absolute atomic E-state index is 0.0266. The highest BCUT2D eigenvalue weighted by atomic mass is 32.1. The van der Waals surface area contributed by atoms with Crippen LogP contribution in [0, 0.1) is 24.2 Å². The number of carbonyl (C=O) groups excluding carboxylic acids is 2. The van der Waals surface area contributed by atoms with Gasteiger partial charge in [-0.1, -0.05) is 39.8 Å². The molecule has 3 aromatic rings. The summed E-state index contributed by atoms with van der Waals surface area (Å²) in [7, 11) is 1.74. The molecular weight excluding hydrogens is 669 g/mol. The minimum Gasteiger partial charge on any atom is -0.496 e. The molecule has 1 saturated heterocycles. The van der Waals surface area contributed by atoms with Gasteiger partial charge in [0.05, 0.1) is 17.0 Å². The van der Waals surface area contributed by atoms with Gasteiger partial charge in [0.25, 0.3) is 0 Å². The Morgan fingerprint density at radius 1 is 0.942 bits per heavy atom. The maximum atomic E-state index is 14.8. The van der Waals surface area contributed by atoms with Crippen LogP contribution in [-0.2, 0) is 20.4 Å². The molecule has 0 spiro atoms. The molecule has 4 aliphatic carbocycles. The minimum atomic E-state index is -0.184. The number of rotatable bonds is 8. The van der Waals surface area contributed by atoms with E-state index in [1.165, 1.54) is 11.1 Å². The number of piperidine rings is 1. The van der Waals surface area contributed by atoms with Gasteiger partial charge in [-0.3, -0.25) is 9.69 Å². The molecule has 0 N–H and O–H groups in total. The van der Waals surface area contributed by atoms with Gasteiger partial charge in [0.2, 0.25) is 5.91 Å². The Morgan fingerprint density at radius 3 is 2.25 bits per heavy atom. The molecule has 4 saturated carbocycles. The first-order valence-corrected chi connectivity index (χ1v) is 20.5.